The third kappa shape index (κ3) is 2.44. The summed E-state index contributed by atoms with van der Waals surface area (Å²) in [5, 5.41) is 14.2. The van der Waals surface area contributed by atoms with Gasteiger partial charge in [0.2, 0.25) is 5.95 Å². The summed E-state index contributed by atoms with van der Waals surface area (Å²) in [7, 11) is 0. The smallest absolute Gasteiger partial charge is 0.269 e. The van der Waals surface area contributed by atoms with Crippen LogP contribution >= 0.6 is 0 Å². The van der Waals surface area contributed by atoms with Gasteiger partial charge in [0.1, 0.15) is 5.82 Å². The Hall–Kier alpha value is -3.49. The number of nitrogens with two attached hydrogens (primary N) is 1. The molecule has 26 heavy (non-hydrogen) atoms. The zero-order valence-corrected chi connectivity index (χ0v) is 13.6. The lowest BCUT2D eigenvalue weighted by Gasteiger charge is -2.32. The lowest BCUT2D eigenvalue weighted by atomic mass is 9.76. The SMILES string of the molecule is Nc1nc2c(c(=O)[nH]1)C(c1cccc([N+](=O)[O-])c1)C1=C(CCCC1=O)N2. The van der Waals surface area contributed by atoms with Crippen LogP contribution in [-0.4, -0.2) is 20.7 Å². The second kappa shape index (κ2) is 5.80. The highest BCUT2D eigenvalue weighted by Gasteiger charge is 2.38. The number of nitrogens with one attached hydrogen (secondary N) is 2. The normalized spacial score (nSPS) is 18.8. The molecule has 0 amide bonds. The molecule has 1 aromatic carbocycles. The van der Waals surface area contributed by atoms with Gasteiger partial charge in [0.05, 0.1) is 10.5 Å². The molecule has 4 rings (SSSR count). The topological polar surface area (TPSA) is 144 Å². The number of Topliss-reactive ketones (excluding diaryl/α,β-unsaturated/α-hetero) is 1. The van der Waals surface area contributed by atoms with Crippen molar-refractivity contribution in [2.75, 3.05) is 11.1 Å². The lowest BCUT2D eigenvalue weighted by molar-refractivity contribution is -0.384. The van der Waals surface area contributed by atoms with Crippen molar-refractivity contribution in [3.8, 4) is 0 Å². The first-order valence-electron chi connectivity index (χ1n) is 8.13. The van der Waals surface area contributed by atoms with Gasteiger partial charge in [0.15, 0.2) is 5.78 Å². The summed E-state index contributed by atoms with van der Waals surface area (Å²) in [6, 6.07) is 5.98. The van der Waals surface area contributed by atoms with Crippen LogP contribution in [-0.2, 0) is 4.79 Å². The number of hydrogen-bond acceptors (Lipinski definition) is 7. The Morgan fingerprint density at radius 1 is 1.27 bits per heavy atom. The average Bonchev–Trinajstić information content (AvgIpc) is 2.60. The van der Waals surface area contributed by atoms with Crippen molar-refractivity contribution in [2.24, 2.45) is 0 Å². The van der Waals surface area contributed by atoms with Crippen molar-refractivity contribution in [2.45, 2.75) is 25.2 Å². The number of allylic oxidation sites excluding steroid dienone is 2. The number of benzene rings is 1. The fourth-order valence-electron chi connectivity index (χ4n) is 3.63. The van der Waals surface area contributed by atoms with Gasteiger partial charge in [-0.3, -0.25) is 24.7 Å². The summed E-state index contributed by atoms with van der Waals surface area (Å²) < 4.78 is 0. The number of H-pyrrole nitrogens is 1. The molecule has 0 spiro atoms. The molecule has 1 aliphatic carbocycles. The number of rotatable bonds is 2. The molecule has 1 aromatic heterocycles. The molecule has 0 saturated carbocycles. The Morgan fingerprint density at radius 2 is 2.08 bits per heavy atom. The van der Waals surface area contributed by atoms with Crippen molar-refractivity contribution in [3.05, 3.63) is 67.1 Å². The van der Waals surface area contributed by atoms with E-state index in [0.717, 1.165) is 0 Å². The molecule has 0 radical (unpaired) electrons. The molecule has 1 aliphatic heterocycles. The number of ketones is 1. The van der Waals surface area contributed by atoms with Crippen LogP contribution in [0.5, 0.6) is 0 Å². The zero-order chi connectivity index (χ0) is 18.4. The fourth-order valence-corrected chi connectivity index (χ4v) is 3.63. The van der Waals surface area contributed by atoms with E-state index in [-0.39, 0.29) is 28.8 Å². The number of nitro groups is 1. The Labute approximate surface area is 147 Å². The number of carbonyl (C=O) groups excluding carboxylic acids is 1. The maximum atomic E-state index is 12.6. The highest BCUT2D eigenvalue weighted by atomic mass is 16.6. The van der Waals surface area contributed by atoms with Gasteiger partial charge >= 0.3 is 0 Å². The van der Waals surface area contributed by atoms with E-state index in [1.54, 1.807) is 12.1 Å². The highest BCUT2D eigenvalue weighted by Crippen LogP contribution is 2.43. The molecular weight excluding hydrogens is 338 g/mol. The molecule has 9 nitrogen and oxygen atoms in total. The van der Waals surface area contributed by atoms with Crippen LogP contribution in [0.2, 0.25) is 0 Å². The number of carbonyl (C=O) groups is 1. The van der Waals surface area contributed by atoms with Crippen LogP contribution in [0.3, 0.4) is 0 Å². The molecule has 0 saturated heterocycles. The fraction of sp³-hybridized carbons (Fsp3) is 0.235. The van der Waals surface area contributed by atoms with Gasteiger partial charge in [-0.1, -0.05) is 12.1 Å². The number of hydrogen-bond donors (Lipinski definition) is 3. The molecule has 0 bridgehead atoms. The van der Waals surface area contributed by atoms with Crippen molar-refractivity contribution in [3.63, 3.8) is 0 Å². The van der Waals surface area contributed by atoms with E-state index in [1.165, 1.54) is 12.1 Å². The molecule has 1 unspecified atom stereocenters. The summed E-state index contributed by atoms with van der Waals surface area (Å²) in [6.45, 7) is 0. The van der Waals surface area contributed by atoms with Crippen LogP contribution in [0, 0.1) is 10.1 Å². The van der Waals surface area contributed by atoms with Crippen LogP contribution in [0.15, 0.2) is 40.3 Å². The Balaban J connectivity index is 2.00. The van der Waals surface area contributed by atoms with Crippen molar-refractivity contribution >= 4 is 23.2 Å². The summed E-state index contributed by atoms with van der Waals surface area (Å²) in [5.74, 6) is -0.538. The van der Waals surface area contributed by atoms with Crippen molar-refractivity contribution in [1.29, 1.82) is 0 Å². The van der Waals surface area contributed by atoms with Crippen LogP contribution in [0.4, 0.5) is 17.5 Å². The number of non-ortho nitro benzene ring substituents is 1. The zero-order valence-electron chi connectivity index (χ0n) is 13.6. The minimum absolute atomic E-state index is 0.0368. The summed E-state index contributed by atoms with van der Waals surface area (Å²) in [6.07, 6.45) is 1.71. The van der Waals surface area contributed by atoms with Gasteiger partial charge in [-0.25, -0.2) is 0 Å². The number of nitrogens with zero attached hydrogens (tertiary/aromatic N) is 2. The van der Waals surface area contributed by atoms with Gasteiger partial charge in [0, 0.05) is 35.7 Å². The van der Waals surface area contributed by atoms with E-state index < -0.39 is 16.4 Å². The predicted molar refractivity (Wildman–Crippen MR) is 93.7 cm³/mol. The number of fused-ring (bicyclic) bond motifs is 1. The van der Waals surface area contributed by atoms with Crippen molar-refractivity contribution in [1.82, 2.24) is 9.97 Å². The van der Waals surface area contributed by atoms with Gasteiger partial charge in [-0.05, 0) is 18.4 Å². The molecule has 2 heterocycles. The quantitative estimate of drug-likeness (QED) is 0.551. The van der Waals surface area contributed by atoms with E-state index in [0.29, 0.717) is 36.1 Å². The number of anilines is 2. The summed E-state index contributed by atoms with van der Waals surface area (Å²) in [4.78, 5) is 42.5. The second-order valence-electron chi connectivity index (χ2n) is 6.29. The number of nitro benzene ring substituents is 1. The number of aromatic nitrogens is 2. The monoisotopic (exact) mass is 353 g/mol. The third-order valence-corrected chi connectivity index (χ3v) is 4.69. The average molecular weight is 353 g/mol. The molecule has 4 N–H and O–H groups in total. The van der Waals surface area contributed by atoms with Gasteiger partial charge in [-0.2, -0.15) is 4.98 Å². The lowest BCUT2D eigenvalue weighted by Crippen LogP contribution is -2.32. The van der Waals surface area contributed by atoms with E-state index in [4.69, 9.17) is 5.73 Å². The Morgan fingerprint density at radius 3 is 2.85 bits per heavy atom. The van der Waals surface area contributed by atoms with E-state index in [9.17, 15) is 19.7 Å². The third-order valence-electron chi connectivity index (χ3n) is 4.69. The first-order chi connectivity index (χ1) is 12.5. The summed E-state index contributed by atoms with van der Waals surface area (Å²) in [5.41, 5.74) is 6.99. The van der Waals surface area contributed by atoms with Gasteiger partial charge in [-0.15, -0.1) is 0 Å². The molecular formula is C17H15N5O4. The highest BCUT2D eigenvalue weighted by molar-refractivity contribution is 6.00. The molecule has 132 valence electrons. The van der Waals surface area contributed by atoms with E-state index in [2.05, 4.69) is 15.3 Å². The Bertz CT molecular complexity index is 1040. The molecule has 0 fully saturated rings. The first kappa shape index (κ1) is 16.0. The predicted octanol–water partition coefficient (Wildman–Crippen LogP) is 1.82. The molecule has 2 aliphatic rings. The van der Waals surface area contributed by atoms with E-state index in [1.807, 2.05) is 0 Å². The maximum absolute atomic E-state index is 12.6. The van der Waals surface area contributed by atoms with E-state index >= 15 is 0 Å². The largest absolute Gasteiger partial charge is 0.369 e. The maximum Gasteiger partial charge on any atom is 0.269 e. The number of nitrogen functional groups attached to an aromatic ring is 1. The standard InChI is InChI=1S/C17H15N5O4/c18-17-20-15-14(16(24)21-17)12(8-3-1-4-9(7-8)22(25)26)13-10(19-15)5-2-6-11(13)23/h1,3-4,7,12H,2,5-6H2,(H4,18,19,20,21,24). The summed E-state index contributed by atoms with van der Waals surface area (Å²) >= 11 is 0. The minimum atomic E-state index is -0.717. The second-order valence-corrected chi connectivity index (χ2v) is 6.29. The number of aromatic amines is 1. The van der Waals surface area contributed by atoms with Gasteiger partial charge in [0.25, 0.3) is 11.2 Å². The van der Waals surface area contributed by atoms with Gasteiger partial charge < -0.3 is 11.1 Å². The molecule has 2 aromatic rings. The van der Waals surface area contributed by atoms with Crippen LogP contribution in [0.1, 0.15) is 36.3 Å². The first-order valence-corrected chi connectivity index (χ1v) is 8.13. The molecule has 9 heteroatoms. The molecule has 1 atom stereocenters. The van der Waals surface area contributed by atoms with Crippen molar-refractivity contribution < 1.29 is 9.72 Å². The Kier molecular flexibility index (Phi) is 3.57. The minimum Gasteiger partial charge on any atom is -0.369 e. The van der Waals surface area contributed by atoms with Crippen LogP contribution < -0.4 is 16.6 Å². The van der Waals surface area contributed by atoms with Crippen LogP contribution in [0.25, 0.3) is 0 Å².